The molecule has 2 aromatic carbocycles. The quantitative estimate of drug-likeness (QED) is 0.462. The van der Waals surface area contributed by atoms with E-state index in [1.807, 2.05) is 18.2 Å². The van der Waals surface area contributed by atoms with Gasteiger partial charge in [0.2, 0.25) is 0 Å². The zero-order valence-corrected chi connectivity index (χ0v) is 13.1. The summed E-state index contributed by atoms with van der Waals surface area (Å²) < 4.78 is 10.6. The third-order valence-electron chi connectivity index (χ3n) is 3.97. The highest BCUT2D eigenvalue weighted by atomic mass is 16.6. The number of carbonyl (C=O) groups is 1. The van der Waals surface area contributed by atoms with Gasteiger partial charge in [-0.1, -0.05) is 6.07 Å². The Morgan fingerprint density at radius 1 is 1.08 bits per heavy atom. The molecule has 124 valence electrons. The van der Waals surface area contributed by atoms with Crippen molar-refractivity contribution in [1.82, 2.24) is 0 Å². The number of benzene rings is 2. The first-order valence-corrected chi connectivity index (χ1v) is 7.75. The highest BCUT2D eigenvalue weighted by Gasteiger charge is 2.12. The Hall–Kier alpha value is -2.89. The van der Waals surface area contributed by atoms with Crippen molar-refractivity contribution in [1.29, 1.82) is 0 Å². The fourth-order valence-corrected chi connectivity index (χ4v) is 2.70. The average molecular weight is 327 g/mol. The third kappa shape index (κ3) is 3.90. The molecular formula is C18H17NO5. The average Bonchev–Trinajstić information content (AvgIpc) is 3.06. The minimum absolute atomic E-state index is 0.00465. The topological polar surface area (TPSA) is 78.7 Å². The Morgan fingerprint density at radius 3 is 2.58 bits per heavy atom. The number of non-ortho nitro benzene ring substituents is 1. The second-order valence-corrected chi connectivity index (χ2v) is 5.66. The predicted molar refractivity (Wildman–Crippen MR) is 86.9 cm³/mol. The number of carbonyl (C=O) groups excluding carboxylic acids is 1. The summed E-state index contributed by atoms with van der Waals surface area (Å²) in [4.78, 5) is 21.8. The van der Waals surface area contributed by atoms with Gasteiger partial charge in [-0.25, -0.2) is 4.79 Å². The molecule has 0 atom stereocenters. The SMILES string of the molecule is O=C(COc1ccc2c(c1)CCC2)OCc1ccc([N+](=O)[O-])cc1. The molecule has 6 heteroatoms. The lowest BCUT2D eigenvalue weighted by molar-refractivity contribution is -0.384. The maximum atomic E-state index is 11.7. The van der Waals surface area contributed by atoms with Crippen LogP contribution in [0, 0.1) is 10.1 Å². The molecule has 0 radical (unpaired) electrons. The molecule has 0 saturated heterocycles. The summed E-state index contributed by atoms with van der Waals surface area (Å²) in [5, 5.41) is 10.6. The van der Waals surface area contributed by atoms with Crippen molar-refractivity contribution in [3.05, 3.63) is 69.3 Å². The van der Waals surface area contributed by atoms with Crippen LogP contribution in [0.5, 0.6) is 5.75 Å². The number of hydrogen-bond donors (Lipinski definition) is 0. The van der Waals surface area contributed by atoms with Crippen LogP contribution < -0.4 is 4.74 Å². The Bertz CT molecular complexity index is 755. The van der Waals surface area contributed by atoms with Gasteiger partial charge in [-0.05, 0) is 60.2 Å². The molecule has 24 heavy (non-hydrogen) atoms. The van der Waals surface area contributed by atoms with Gasteiger partial charge in [0.15, 0.2) is 6.61 Å². The number of nitrogens with zero attached hydrogens (tertiary/aromatic N) is 1. The number of hydrogen-bond acceptors (Lipinski definition) is 5. The van der Waals surface area contributed by atoms with Gasteiger partial charge in [0, 0.05) is 12.1 Å². The van der Waals surface area contributed by atoms with Gasteiger partial charge in [-0.2, -0.15) is 0 Å². The first-order chi connectivity index (χ1) is 11.6. The second kappa shape index (κ2) is 7.12. The number of ether oxygens (including phenoxy) is 2. The van der Waals surface area contributed by atoms with Crippen molar-refractivity contribution in [3.8, 4) is 5.75 Å². The van der Waals surface area contributed by atoms with E-state index in [9.17, 15) is 14.9 Å². The highest BCUT2D eigenvalue weighted by molar-refractivity contribution is 5.71. The van der Waals surface area contributed by atoms with Gasteiger partial charge >= 0.3 is 5.97 Å². The standard InChI is InChI=1S/C18H17NO5/c20-18(24-11-13-4-7-16(8-5-13)19(21)22)12-23-17-9-6-14-2-1-3-15(14)10-17/h4-10H,1-3,11-12H2. The van der Waals surface area contributed by atoms with E-state index < -0.39 is 10.9 Å². The molecule has 0 saturated carbocycles. The molecule has 0 N–H and O–H groups in total. The van der Waals surface area contributed by atoms with E-state index in [-0.39, 0.29) is 18.9 Å². The molecule has 6 nitrogen and oxygen atoms in total. The van der Waals surface area contributed by atoms with Gasteiger partial charge in [0.1, 0.15) is 12.4 Å². The molecule has 3 rings (SSSR count). The summed E-state index contributed by atoms with van der Waals surface area (Å²) in [6, 6.07) is 11.8. The second-order valence-electron chi connectivity index (χ2n) is 5.66. The maximum absolute atomic E-state index is 11.7. The van der Waals surface area contributed by atoms with Crippen molar-refractivity contribution < 1.29 is 19.2 Å². The highest BCUT2D eigenvalue weighted by Crippen LogP contribution is 2.26. The number of aryl methyl sites for hydroxylation is 2. The summed E-state index contributed by atoms with van der Waals surface area (Å²) in [5.74, 6) is 0.191. The lowest BCUT2D eigenvalue weighted by atomic mass is 10.1. The Morgan fingerprint density at radius 2 is 1.83 bits per heavy atom. The predicted octanol–water partition coefficient (Wildman–Crippen LogP) is 3.21. The van der Waals surface area contributed by atoms with E-state index in [1.165, 1.54) is 23.3 Å². The molecule has 0 amide bonds. The Kier molecular flexibility index (Phi) is 4.74. The zero-order chi connectivity index (χ0) is 16.9. The minimum atomic E-state index is -0.478. The van der Waals surface area contributed by atoms with Gasteiger partial charge in [0.05, 0.1) is 4.92 Å². The number of esters is 1. The Labute approximate surface area is 139 Å². The summed E-state index contributed by atoms with van der Waals surface area (Å²) in [5.41, 5.74) is 3.33. The lowest BCUT2D eigenvalue weighted by Crippen LogP contribution is -2.14. The molecule has 0 unspecified atom stereocenters. The van der Waals surface area contributed by atoms with Crippen molar-refractivity contribution in [2.75, 3.05) is 6.61 Å². The summed E-state index contributed by atoms with van der Waals surface area (Å²) in [6.07, 6.45) is 3.32. The van der Waals surface area contributed by atoms with Crippen LogP contribution in [-0.4, -0.2) is 17.5 Å². The van der Waals surface area contributed by atoms with Crippen LogP contribution in [0.3, 0.4) is 0 Å². The first-order valence-electron chi connectivity index (χ1n) is 7.75. The van der Waals surface area contributed by atoms with Crippen LogP contribution in [0.4, 0.5) is 5.69 Å². The molecule has 0 bridgehead atoms. The number of fused-ring (bicyclic) bond motifs is 1. The van der Waals surface area contributed by atoms with Crippen molar-refractivity contribution in [3.63, 3.8) is 0 Å². The molecule has 0 aromatic heterocycles. The van der Waals surface area contributed by atoms with Crippen molar-refractivity contribution in [2.45, 2.75) is 25.9 Å². The zero-order valence-electron chi connectivity index (χ0n) is 13.1. The molecule has 0 fully saturated rings. The van der Waals surface area contributed by atoms with Crippen LogP contribution in [0.15, 0.2) is 42.5 Å². The fraction of sp³-hybridized carbons (Fsp3) is 0.278. The molecule has 0 spiro atoms. The number of rotatable bonds is 6. The third-order valence-corrected chi connectivity index (χ3v) is 3.97. The smallest absolute Gasteiger partial charge is 0.344 e. The summed E-state index contributed by atoms with van der Waals surface area (Å²) >= 11 is 0. The largest absolute Gasteiger partial charge is 0.482 e. The molecule has 1 aliphatic rings. The van der Waals surface area contributed by atoms with E-state index in [4.69, 9.17) is 9.47 Å². The van der Waals surface area contributed by atoms with Crippen LogP contribution in [0.2, 0.25) is 0 Å². The van der Waals surface area contributed by atoms with Crippen LogP contribution in [0.1, 0.15) is 23.1 Å². The van der Waals surface area contributed by atoms with E-state index in [1.54, 1.807) is 12.1 Å². The lowest BCUT2D eigenvalue weighted by Gasteiger charge is -2.08. The van der Waals surface area contributed by atoms with Crippen LogP contribution in [-0.2, 0) is 29.0 Å². The van der Waals surface area contributed by atoms with Gasteiger partial charge in [-0.3, -0.25) is 10.1 Å². The van der Waals surface area contributed by atoms with Crippen LogP contribution >= 0.6 is 0 Å². The molecule has 0 aliphatic heterocycles. The summed E-state index contributed by atoms with van der Waals surface area (Å²) in [6.45, 7) is -0.101. The minimum Gasteiger partial charge on any atom is -0.482 e. The first kappa shape index (κ1) is 16.0. The normalized spacial score (nSPS) is 12.5. The van der Waals surface area contributed by atoms with Crippen LogP contribution in [0.25, 0.3) is 0 Å². The van der Waals surface area contributed by atoms with Gasteiger partial charge in [0.25, 0.3) is 5.69 Å². The number of nitro groups is 1. The van der Waals surface area contributed by atoms with E-state index in [2.05, 4.69) is 0 Å². The molecule has 2 aromatic rings. The maximum Gasteiger partial charge on any atom is 0.344 e. The van der Waals surface area contributed by atoms with E-state index >= 15 is 0 Å². The fourth-order valence-electron chi connectivity index (χ4n) is 2.70. The Balaban J connectivity index is 1.46. The van der Waals surface area contributed by atoms with E-state index in [0.717, 1.165) is 19.3 Å². The monoisotopic (exact) mass is 327 g/mol. The van der Waals surface area contributed by atoms with Gasteiger partial charge in [-0.15, -0.1) is 0 Å². The molecule has 0 heterocycles. The van der Waals surface area contributed by atoms with E-state index in [0.29, 0.717) is 11.3 Å². The molecular weight excluding hydrogens is 310 g/mol. The number of nitro benzene ring substituents is 1. The van der Waals surface area contributed by atoms with Gasteiger partial charge < -0.3 is 9.47 Å². The summed E-state index contributed by atoms with van der Waals surface area (Å²) in [7, 11) is 0. The van der Waals surface area contributed by atoms with Crippen molar-refractivity contribution in [2.24, 2.45) is 0 Å². The molecule has 1 aliphatic carbocycles. The van der Waals surface area contributed by atoms with Crippen molar-refractivity contribution >= 4 is 11.7 Å².